The number of likely N-dealkylation sites (N-methyl/N-ethyl adjacent to an activating group) is 2. The molecule has 1 aliphatic rings. The molecule has 0 atom stereocenters. The van der Waals surface area contributed by atoms with Crippen LogP contribution in [0.15, 0.2) is 52.6 Å². The highest BCUT2D eigenvalue weighted by atomic mass is 79.9. The van der Waals surface area contributed by atoms with Gasteiger partial charge < -0.3 is 9.64 Å². The lowest BCUT2D eigenvalue weighted by atomic mass is 10.1. The Morgan fingerprint density at radius 2 is 2.03 bits per heavy atom. The summed E-state index contributed by atoms with van der Waals surface area (Å²) < 4.78 is 6.74. The van der Waals surface area contributed by atoms with E-state index in [1.165, 1.54) is 17.0 Å². The first-order valence-electron chi connectivity index (χ1n) is 8.78. The Morgan fingerprint density at radius 3 is 2.69 bits per heavy atom. The summed E-state index contributed by atoms with van der Waals surface area (Å²) in [7, 11) is 1.75. The van der Waals surface area contributed by atoms with E-state index in [0.29, 0.717) is 34.2 Å². The minimum Gasteiger partial charge on any atom is -0.488 e. The number of thiocarbonyl (C=S) groups is 1. The molecular weight excluding hydrogens is 458 g/mol. The van der Waals surface area contributed by atoms with E-state index in [0.717, 1.165) is 4.47 Å². The van der Waals surface area contributed by atoms with E-state index in [1.807, 2.05) is 19.1 Å². The lowest BCUT2D eigenvalue weighted by Crippen LogP contribution is -2.30. The number of ether oxygens (including phenoxy) is 1. The molecular formula is C20H18BrN3O4S. The maximum Gasteiger partial charge on any atom is 0.276 e. The number of halogens is 1. The first-order chi connectivity index (χ1) is 13.8. The lowest BCUT2D eigenvalue weighted by molar-refractivity contribution is -0.384. The van der Waals surface area contributed by atoms with Crippen LogP contribution in [0.25, 0.3) is 6.08 Å². The van der Waals surface area contributed by atoms with Gasteiger partial charge >= 0.3 is 0 Å². The molecule has 1 fully saturated rings. The number of nitro benzene ring substituents is 1. The highest BCUT2D eigenvalue weighted by Crippen LogP contribution is 2.29. The Kier molecular flexibility index (Phi) is 6.29. The normalized spacial score (nSPS) is 15.3. The van der Waals surface area contributed by atoms with Crippen LogP contribution in [0.2, 0.25) is 0 Å². The quantitative estimate of drug-likeness (QED) is 0.267. The van der Waals surface area contributed by atoms with Gasteiger partial charge in [0.05, 0.1) is 4.92 Å². The summed E-state index contributed by atoms with van der Waals surface area (Å²) in [5, 5.41) is 11.4. The zero-order chi connectivity index (χ0) is 21.1. The van der Waals surface area contributed by atoms with Gasteiger partial charge in [0.2, 0.25) is 0 Å². The third-order valence-electron chi connectivity index (χ3n) is 4.44. The Hall–Kier alpha value is -2.78. The molecule has 1 heterocycles. The van der Waals surface area contributed by atoms with Crippen molar-refractivity contribution in [2.45, 2.75) is 13.5 Å². The molecule has 3 rings (SSSR count). The molecule has 2 aromatic rings. The van der Waals surface area contributed by atoms with E-state index in [1.54, 1.807) is 36.2 Å². The fourth-order valence-corrected chi connectivity index (χ4v) is 3.61. The maximum atomic E-state index is 12.7. The molecule has 0 aromatic heterocycles. The first kappa shape index (κ1) is 20.9. The number of carbonyl (C=O) groups is 1. The number of rotatable bonds is 6. The van der Waals surface area contributed by atoms with Crippen LogP contribution >= 0.6 is 28.1 Å². The number of nitrogens with zero attached hydrogens (tertiary/aromatic N) is 3. The van der Waals surface area contributed by atoms with E-state index < -0.39 is 4.92 Å². The van der Waals surface area contributed by atoms with Crippen molar-refractivity contribution in [1.82, 2.24) is 9.80 Å². The minimum atomic E-state index is -0.442. The summed E-state index contributed by atoms with van der Waals surface area (Å²) in [5.41, 5.74) is 1.83. The monoisotopic (exact) mass is 475 g/mol. The molecule has 0 spiro atoms. The van der Waals surface area contributed by atoms with Crippen molar-refractivity contribution in [3.8, 4) is 5.75 Å². The largest absolute Gasteiger partial charge is 0.488 e. The molecule has 1 saturated heterocycles. The molecule has 2 aromatic carbocycles. The van der Waals surface area contributed by atoms with Crippen LogP contribution in [0.5, 0.6) is 5.75 Å². The number of hydrogen-bond donors (Lipinski definition) is 0. The Morgan fingerprint density at radius 1 is 1.28 bits per heavy atom. The van der Waals surface area contributed by atoms with Crippen LogP contribution in [-0.2, 0) is 11.4 Å². The van der Waals surface area contributed by atoms with Gasteiger partial charge in [0.25, 0.3) is 11.6 Å². The van der Waals surface area contributed by atoms with Gasteiger partial charge in [-0.3, -0.25) is 19.8 Å². The topological polar surface area (TPSA) is 75.9 Å². The summed E-state index contributed by atoms with van der Waals surface area (Å²) in [6.07, 6.45) is 1.73. The third kappa shape index (κ3) is 4.46. The second kappa shape index (κ2) is 8.71. The second-order valence-corrected chi connectivity index (χ2v) is 7.60. The third-order valence-corrected chi connectivity index (χ3v) is 5.43. The van der Waals surface area contributed by atoms with Gasteiger partial charge in [-0.1, -0.05) is 28.1 Å². The Bertz CT molecular complexity index is 1020. The zero-order valence-electron chi connectivity index (χ0n) is 15.8. The van der Waals surface area contributed by atoms with Crippen LogP contribution < -0.4 is 4.74 Å². The highest BCUT2D eigenvalue weighted by molar-refractivity contribution is 9.10. The van der Waals surface area contributed by atoms with Crippen LogP contribution in [-0.4, -0.2) is 39.3 Å². The molecule has 0 N–H and O–H groups in total. The van der Waals surface area contributed by atoms with E-state index in [4.69, 9.17) is 17.0 Å². The predicted octanol–water partition coefficient (Wildman–Crippen LogP) is 4.36. The molecule has 0 unspecified atom stereocenters. The molecule has 0 saturated carbocycles. The molecule has 150 valence electrons. The number of nitro groups is 1. The van der Waals surface area contributed by atoms with Gasteiger partial charge in [0, 0.05) is 35.8 Å². The fraction of sp³-hybridized carbons (Fsp3) is 0.200. The van der Waals surface area contributed by atoms with Crippen LogP contribution in [0, 0.1) is 10.1 Å². The molecule has 9 heteroatoms. The SMILES string of the molecule is CCN1C(=O)/C(=C/c2cc(Br)ccc2OCc2cccc([N+](=O)[O-])c2)N(C)C1=S. The fourth-order valence-electron chi connectivity index (χ4n) is 2.92. The van der Waals surface area contributed by atoms with E-state index in [9.17, 15) is 14.9 Å². The van der Waals surface area contributed by atoms with Gasteiger partial charge in [-0.2, -0.15) is 0 Å². The predicted molar refractivity (Wildman–Crippen MR) is 117 cm³/mol. The number of hydrogen-bond acceptors (Lipinski definition) is 5. The zero-order valence-corrected chi connectivity index (χ0v) is 18.2. The average molecular weight is 476 g/mol. The number of amides is 1. The van der Waals surface area contributed by atoms with Crippen molar-refractivity contribution in [3.63, 3.8) is 0 Å². The van der Waals surface area contributed by atoms with Gasteiger partial charge in [0.1, 0.15) is 18.1 Å². The molecule has 1 amide bonds. The van der Waals surface area contributed by atoms with Gasteiger partial charge in [0.15, 0.2) is 5.11 Å². The standard InChI is InChI=1S/C20H18BrN3O4S/c1-3-23-19(25)17(22(2)20(23)29)11-14-10-15(21)7-8-18(14)28-12-13-5-4-6-16(9-13)24(26)27/h4-11H,3,12H2,1-2H3/b17-11-. The number of non-ortho nitro benzene ring substituents is 1. The van der Waals surface area contributed by atoms with Gasteiger partial charge in [-0.25, -0.2) is 0 Å². The highest BCUT2D eigenvalue weighted by Gasteiger charge is 2.34. The average Bonchev–Trinajstić information content (AvgIpc) is 2.90. The molecule has 0 bridgehead atoms. The Labute approximate surface area is 181 Å². The second-order valence-electron chi connectivity index (χ2n) is 6.32. The minimum absolute atomic E-state index is 0.00981. The summed E-state index contributed by atoms with van der Waals surface area (Å²) in [4.78, 5) is 26.4. The van der Waals surface area contributed by atoms with Gasteiger partial charge in [-0.15, -0.1) is 0 Å². The summed E-state index contributed by atoms with van der Waals surface area (Å²) in [5.74, 6) is 0.388. The summed E-state index contributed by atoms with van der Waals surface area (Å²) in [6, 6.07) is 11.7. The van der Waals surface area contributed by atoms with Crippen molar-refractivity contribution < 1.29 is 14.5 Å². The first-order valence-corrected chi connectivity index (χ1v) is 9.99. The summed E-state index contributed by atoms with van der Waals surface area (Å²) >= 11 is 8.77. The number of carbonyl (C=O) groups excluding carboxylic acids is 1. The molecule has 7 nitrogen and oxygen atoms in total. The summed E-state index contributed by atoms with van der Waals surface area (Å²) in [6.45, 7) is 2.52. The molecule has 1 aliphatic heterocycles. The number of benzene rings is 2. The van der Waals surface area contributed by atoms with E-state index in [2.05, 4.69) is 15.9 Å². The van der Waals surface area contributed by atoms with Crippen molar-refractivity contribution in [2.75, 3.05) is 13.6 Å². The maximum absolute atomic E-state index is 12.7. The van der Waals surface area contributed by atoms with E-state index >= 15 is 0 Å². The van der Waals surface area contributed by atoms with Crippen LogP contribution in [0.3, 0.4) is 0 Å². The van der Waals surface area contributed by atoms with Crippen molar-refractivity contribution in [3.05, 3.63) is 73.9 Å². The van der Waals surface area contributed by atoms with Crippen molar-refractivity contribution in [2.24, 2.45) is 0 Å². The Balaban J connectivity index is 1.89. The van der Waals surface area contributed by atoms with Crippen LogP contribution in [0.4, 0.5) is 5.69 Å². The molecule has 29 heavy (non-hydrogen) atoms. The van der Waals surface area contributed by atoms with Crippen molar-refractivity contribution >= 4 is 50.9 Å². The smallest absolute Gasteiger partial charge is 0.276 e. The molecule has 0 aliphatic carbocycles. The van der Waals surface area contributed by atoms with E-state index in [-0.39, 0.29) is 18.2 Å². The van der Waals surface area contributed by atoms with Crippen LogP contribution in [0.1, 0.15) is 18.1 Å². The lowest BCUT2D eigenvalue weighted by Gasteiger charge is -2.14. The van der Waals surface area contributed by atoms with Gasteiger partial charge in [-0.05, 0) is 49.0 Å². The molecule has 0 radical (unpaired) electrons. The van der Waals surface area contributed by atoms with Crippen molar-refractivity contribution in [1.29, 1.82) is 0 Å².